The van der Waals surface area contributed by atoms with E-state index in [0.29, 0.717) is 22.5 Å². The van der Waals surface area contributed by atoms with E-state index in [2.05, 4.69) is 34.6 Å². The lowest BCUT2D eigenvalue weighted by atomic mass is 9.44. The summed E-state index contributed by atoms with van der Waals surface area (Å²) >= 11 is 0. The minimum absolute atomic E-state index is 0.514. The molecule has 0 bridgehead atoms. The Balaban J connectivity index is 1.44. The number of allylic oxidation sites excluding steroid dienone is 2. The normalized spacial score (nSPS) is 46.3. The van der Waals surface area contributed by atoms with Crippen LogP contribution in [-0.2, 0) is 0 Å². The summed E-state index contributed by atoms with van der Waals surface area (Å²) in [6.45, 7) is 14.2. The lowest BCUT2D eigenvalue weighted by molar-refractivity contribution is -0.114. The highest BCUT2D eigenvalue weighted by Crippen LogP contribution is 2.68. The molecule has 0 amide bonds. The predicted octanol–water partition coefficient (Wildman–Crippen LogP) is 8.94. The fraction of sp³-hybridized carbons (Fsp3) is 0.931. The molecule has 0 aromatic rings. The molecule has 1 heteroatoms. The molecule has 172 valence electrons. The van der Waals surface area contributed by atoms with Crippen molar-refractivity contribution in [3.05, 3.63) is 11.3 Å². The van der Waals surface area contributed by atoms with E-state index in [1.807, 2.05) is 6.92 Å². The molecule has 0 spiro atoms. The van der Waals surface area contributed by atoms with Gasteiger partial charge in [-0.25, -0.2) is 0 Å². The molecule has 0 saturated heterocycles. The van der Waals surface area contributed by atoms with Crippen LogP contribution in [0.15, 0.2) is 11.3 Å². The Labute approximate surface area is 187 Å². The van der Waals surface area contributed by atoms with Crippen LogP contribution in [0.2, 0.25) is 0 Å². The van der Waals surface area contributed by atoms with Crippen molar-refractivity contribution in [2.45, 2.75) is 119 Å². The Kier molecular flexibility index (Phi) is 6.42. The molecular weight excluding hydrogens is 364 g/mol. The maximum absolute atomic E-state index is 9.86. The second kappa shape index (κ2) is 8.47. The summed E-state index contributed by atoms with van der Waals surface area (Å²) in [4.78, 5) is 0. The van der Waals surface area contributed by atoms with Crippen LogP contribution in [0, 0.1) is 52.3 Å². The molecule has 1 nitrogen and oxygen atoms in total. The van der Waals surface area contributed by atoms with Crippen molar-refractivity contribution in [1.82, 2.24) is 0 Å². The van der Waals surface area contributed by atoms with Gasteiger partial charge >= 0.3 is 0 Å². The number of hydrogen-bond acceptors (Lipinski definition) is 1. The molecular formula is C29H50O. The average Bonchev–Trinajstić information content (AvgIpc) is 3.07. The molecule has 4 rings (SSSR count). The second-order valence-electron chi connectivity index (χ2n) is 12.9. The zero-order valence-electron chi connectivity index (χ0n) is 21.0. The molecule has 9 atom stereocenters. The molecule has 0 aromatic carbocycles. The van der Waals surface area contributed by atoms with Crippen molar-refractivity contribution in [3.63, 3.8) is 0 Å². The van der Waals surface area contributed by atoms with Crippen LogP contribution >= 0.6 is 0 Å². The van der Waals surface area contributed by atoms with Gasteiger partial charge < -0.3 is 5.11 Å². The van der Waals surface area contributed by atoms with Gasteiger partial charge in [-0.05, 0) is 136 Å². The number of rotatable bonds is 5. The van der Waals surface area contributed by atoms with E-state index in [1.54, 1.807) is 6.42 Å². The van der Waals surface area contributed by atoms with Gasteiger partial charge in [0.25, 0.3) is 0 Å². The summed E-state index contributed by atoms with van der Waals surface area (Å²) in [6.07, 6.45) is 17.7. The lowest BCUT2D eigenvalue weighted by Crippen LogP contribution is -2.53. The third-order valence-corrected chi connectivity index (χ3v) is 11.7. The Bertz CT molecular complexity index is 645. The SMILES string of the molecule is CC(O)=C(C)[C@@H](C)CC[C@@H](C)[C@H]1CC[C@H]2[C@@H]3CCC4CCCC[C@]4(C)[C@H]3CC[C@]12C. The van der Waals surface area contributed by atoms with Crippen LogP contribution < -0.4 is 0 Å². The zero-order valence-corrected chi connectivity index (χ0v) is 21.0. The van der Waals surface area contributed by atoms with Crippen LogP contribution in [-0.4, -0.2) is 5.11 Å². The maximum Gasteiger partial charge on any atom is 0.0883 e. The van der Waals surface area contributed by atoms with Gasteiger partial charge in [-0.2, -0.15) is 0 Å². The smallest absolute Gasteiger partial charge is 0.0883 e. The third-order valence-electron chi connectivity index (χ3n) is 11.7. The molecule has 0 aliphatic heterocycles. The number of fused-ring (bicyclic) bond motifs is 5. The van der Waals surface area contributed by atoms with Crippen LogP contribution in [0.3, 0.4) is 0 Å². The molecule has 4 aliphatic carbocycles. The van der Waals surface area contributed by atoms with Gasteiger partial charge in [-0.1, -0.05) is 40.5 Å². The largest absolute Gasteiger partial charge is 0.513 e. The van der Waals surface area contributed by atoms with Gasteiger partial charge in [0.05, 0.1) is 5.76 Å². The molecule has 30 heavy (non-hydrogen) atoms. The summed E-state index contributed by atoms with van der Waals surface area (Å²) < 4.78 is 0. The predicted molar refractivity (Wildman–Crippen MR) is 128 cm³/mol. The second-order valence-corrected chi connectivity index (χ2v) is 12.9. The van der Waals surface area contributed by atoms with Crippen LogP contribution in [0.1, 0.15) is 119 Å². The summed E-state index contributed by atoms with van der Waals surface area (Å²) in [5.41, 5.74) is 2.46. The van der Waals surface area contributed by atoms with Gasteiger partial charge in [0, 0.05) is 0 Å². The number of aliphatic hydroxyl groups excluding tert-OH is 1. The fourth-order valence-corrected chi connectivity index (χ4v) is 9.56. The summed E-state index contributed by atoms with van der Waals surface area (Å²) in [5.74, 6) is 6.90. The van der Waals surface area contributed by atoms with Crippen molar-refractivity contribution in [2.75, 3.05) is 0 Å². The van der Waals surface area contributed by atoms with E-state index in [1.165, 1.54) is 76.2 Å². The fourth-order valence-electron chi connectivity index (χ4n) is 9.56. The number of hydrogen-bond donors (Lipinski definition) is 1. The first kappa shape index (κ1) is 22.7. The van der Waals surface area contributed by atoms with Crippen molar-refractivity contribution in [3.8, 4) is 0 Å². The summed E-state index contributed by atoms with van der Waals surface area (Å²) in [6, 6.07) is 0. The molecule has 1 N–H and O–H groups in total. The summed E-state index contributed by atoms with van der Waals surface area (Å²) in [7, 11) is 0. The van der Waals surface area contributed by atoms with Crippen molar-refractivity contribution >= 4 is 0 Å². The zero-order chi connectivity index (χ0) is 21.7. The van der Waals surface area contributed by atoms with E-state index in [0.717, 1.165) is 35.5 Å². The summed E-state index contributed by atoms with van der Waals surface area (Å²) in [5, 5.41) is 9.86. The van der Waals surface area contributed by atoms with Gasteiger partial charge in [0.1, 0.15) is 0 Å². The Morgan fingerprint density at radius 1 is 0.833 bits per heavy atom. The van der Waals surface area contributed by atoms with E-state index in [9.17, 15) is 5.11 Å². The standard InChI is InChI=1S/C29H50O/c1-19(21(3)22(4)30)10-11-20(2)25-14-15-26-24-13-12-23-9-7-8-17-28(23,5)27(24)16-18-29(25,26)6/h19-20,23-27,30H,7-18H2,1-6H3/t19-,20+,23?,24-,25+,26-,27-,28-,29+/m0/s1. The van der Waals surface area contributed by atoms with Gasteiger partial charge in [-0.15, -0.1) is 0 Å². The average molecular weight is 415 g/mol. The van der Waals surface area contributed by atoms with Crippen molar-refractivity contribution in [1.29, 1.82) is 0 Å². The molecule has 4 fully saturated rings. The van der Waals surface area contributed by atoms with Gasteiger partial charge in [-0.3, -0.25) is 0 Å². The van der Waals surface area contributed by atoms with E-state index in [-0.39, 0.29) is 0 Å². The van der Waals surface area contributed by atoms with E-state index in [4.69, 9.17) is 0 Å². The number of aliphatic hydroxyl groups is 1. The highest BCUT2D eigenvalue weighted by Gasteiger charge is 2.60. The Morgan fingerprint density at radius 2 is 1.57 bits per heavy atom. The van der Waals surface area contributed by atoms with Crippen molar-refractivity contribution in [2.24, 2.45) is 52.3 Å². The topological polar surface area (TPSA) is 20.2 Å². The Morgan fingerprint density at radius 3 is 2.30 bits per heavy atom. The molecule has 4 aliphatic rings. The monoisotopic (exact) mass is 414 g/mol. The van der Waals surface area contributed by atoms with Crippen LogP contribution in [0.5, 0.6) is 0 Å². The first-order valence-electron chi connectivity index (χ1n) is 13.5. The highest BCUT2D eigenvalue weighted by atomic mass is 16.3. The highest BCUT2D eigenvalue weighted by molar-refractivity contribution is 5.10. The molecule has 1 unspecified atom stereocenters. The van der Waals surface area contributed by atoms with Crippen LogP contribution in [0.25, 0.3) is 0 Å². The van der Waals surface area contributed by atoms with Gasteiger partial charge in [0.15, 0.2) is 0 Å². The third kappa shape index (κ3) is 3.69. The molecule has 0 radical (unpaired) electrons. The van der Waals surface area contributed by atoms with Crippen molar-refractivity contribution < 1.29 is 5.11 Å². The minimum atomic E-state index is 0.514. The van der Waals surface area contributed by atoms with E-state index >= 15 is 0 Å². The lowest BCUT2D eigenvalue weighted by Gasteiger charge is -2.61. The first-order chi connectivity index (χ1) is 14.2. The molecule has 4 saturated carbocycles. The quantitative estimate of drug-likeness (QED) is 0.445. The van der Waals surface area contributed by atoms with Gasteiger partial charge in [0.2, 0.25) is 0 Å². The molecule has 0 heterocycles. The minimum Gasteiger partial charge on any atom is -0.513 e. The first-order valence-corrected chi connectivity index (χ1v) is 13.5. The van der Waals surface area contributed by atoms with E-state index < -0.39 is 0 Å². The Hall–Kier alpha value is -0.460. The van der Waals surface area contributed by atoms with Crippen LogP contribution in [0.4, 0.5) is 0 Å². The molecule has 0 aromatic heterocycles. The maximum atomic E-state index is 9.86.